The van der Waals surface area contributed by atoms with E-state index >= 15 is 0 Å². The van der Waals surface area contributed by atoms with E-state index in [4.69, 9.17) is 4.74 Å². The zero-order chi connectivity index (χ0) is 17.8. The number of nitrogens with zero attached hydrogens (tertiary/aromatic N) is 2. The summed E-state index contributed by atoms with van der Waals surface area (Å²) in [6.07, 6.45) is 4.79. The van der Waals surface area contributed by atoms with Crippen LogP contribution in [-0.4, -0.2) is 45.7 Å². The molecule has 1 fully saturated rings. The van der Waals surface area contributed by atoms with Gasteiger partial charge in [-0.3, -0.25) is 9.89 Å². The second-order valence-electron chi connectivity index (χ2n) is 6.58. The lowest BCUT2D eigenvalue weighted by Crippen LogP contribution is -2.46. The van der Waals surface area contributed by atoms with Crippen molar-refractivity contribution >= 4 is 22.8 Å². The number of H-pyrrole nitrogens is 1. The molecular weight excluding hydrogens is 318 g/mol. The summed E-state index contributed by atoms with van der Waals surface area (Å²) in [5.74, 6) is -0.694. The maximum absolute atomic E-state index is 12.8. The van der Waals surface area contributed by atoms with Crippen LogP contribution in [0.15, 0.2) is 24.3 Å². The number of likely N-dealkylation sites (N-methyl/N-ethyl adjacent to an activating group) is 1. The minimum Gasteiger partial charge on any atom is -0.448 e. The number of carbonyl (C=O) groups excluding carboxylic acids is 2. The summed E-state index contributed by atoms with van der Waals surface area (Å²) in [6.45, 7) is 4.25. The molecule has 0 unspecified atom stereocenters. The molecule has 3 rings (SSSR count). The number of para-hydroxylation sites is 1. The summed E-state index contributed by atoms with van der Waals surface area (Å²) in [4.78, 5) is 27.1. The van der Waals surface area contributed by atoms with Crippen LogP contribution < -0.4 is 0 Å². The lowest BCUT2D eigenvalue weighted by Gasteiger charge is -2.34. The highest BCUT2D eigenvalue weighted by Gasteiger charge is 2.30. The molecule has 1 aromatic heterocycles. The Morgan fingerprint density at radius 3 is 2.72 bits per heavy atom. The molecule has 25 heavy (non-hydrogen) atoms. The highest BCUT2D eigenvalue weighted by molar-refractivity contribution is 6.02. The normalized spacial score (nSPS) is 16.6. The number of amides is 1. The zero-order valence-electron chi connectivity index (χ0n) is 14.8. The monoisotopic (exact) mass is 343 g/mol. The molecule has 1 atom stereocenters. The van der Waals surface area contributed by atoms with Gasteiger partial charge in [0.2, 0.25) is 0 Å². The fourth-order valence-electron chi connectivity index (χ4n) is 3.61. The van der Waals surface area contributed by atoms with E-state index in [-0.39, 0.29) is 17.6 Å². The average Bonchev–Trinajstić information content (AvgIpc) is 3.07. The smallest absolute Gasteiger partial charge is 0.360 e. The first-order valence-corrected chi connectivity index (χ1v) is 9.06. The molecule has 6 heteroatoms. The number of ether oxygens (including phenoxy) is 1. The highest BCUT2D eigenvalue weighted by Crippen LogP contribution is 2.24. The van der Waals surface area contributed by atoms with Gasteiger partial charge in [-0.25, -0.2) is 4.79 Å². The minimum atomic E-state index is -0.815. The van der Waals surface area contributed by atoms with Crippen molar-refractivity contribution in [2.45, 2.75) is 58.1 Å². The molecule has 0 bridgehead atoms. The maximum Gasteiger partial charge on any atom is 0.360 e. The molecule has 1 saturated carbocycles. The summed E-state index contributed by atoms with van der Waals surface area (Å²) in [6, 6.07) is 7.62. The van der Waals surface area contributed by atoms with E-state index < -0.39 is 12.1 Å². The fraction of sp³-hybridized carbons (Fsp3) is 0.526. The predicted molar refractivity (Wildman–Crippen MR) is 95.2 cm³/mol. The van der Waals surface area contributed by atoms with Gasteiger partial charge < -0.3 is 9.64 Å². The number of benzene rings is 1. The van der Waals surface area contributed by atoms with Crippen molar-refractivity contribution in [2.24, 2.45) is 0 Å². The lowest BCUT2D eigenvalue weighted by molar-refractivity contribution is -0.142. The Morgan fingerprint density at radius 1 is 1.28 bits per heavy atom. The van der Waals surface area contributed by atoms with Crippen LogP contribution in [0.2, 0.25) is 0 Å². The number of aromatic amines is 1. The SMILES string of the molecule is CCN(C(=O)[C@@H](C)OC(=O)c1n[nH]c2ccccc12)C1CCCCC1. The molecule has 1 aliphatic carbocycles. The number of hydrogen-bond donors (Lipinski definition) is 1. The van der Waals surface area contributed by atoms with Crippen LogP contribution in [0, 0.1) is 0 Å². The van der Waals surface area contributed by atoms with Crippen molar-refractivity contribution in [2.75, 3.05) is 6.54 Å². The molecule has 134 valence electrons. The van der Waals surface area contributed by atoms with Crippen molar-refractivity contribution in [3.05, 3.63) is 30.0 Å². The second-order valence-corrected chi connectivity index (χ2v) is 6.58. The molecule has 1 heterocycles. The fourth-order valence-corrected chi connectivity index (χ4v) is 3.61. The van der Waals surface area contributed by atoms with Gasteiger partial charge in [-0.1, -0.05) is 37.5 Å². The van der Waals surface area contributed by atoms with Crippen LogP contribution in [0.25, 0.3) is 10.9 Å². The average molecular weight is 343 g/mol. The summed E-state index contributed by atoms with van der Waals surface area (Å²) in [5.41, 5.74) is 0.988. The maximum atomic E-state index is 12.8. The van der Waals surface area contributed by atoms with Gasteiger partial charge in [-0.15, -0.1) is 0 Å². The molecule has 1 amide bonds. The lowest BCUT2D eigenvalue weighted by atomic mass is 9.94. The summed E-state index contributed by atoms with van der Waals surface area (Å²) < 4.78 is 5.43. The summed E-state index contributed by atoms with van der Waals surface area (Å²) in [5, 5.41) is 7.55. The Morgan fingerprint density at radius 2 is 2.00 bits per heavy atom. The summed E-state index contributed by atoms with van der Waals surface area (Å²) in [7, 11) is 0. The van der Waals surface area contributed by atoms with Gasteiger partial charge >= 0.3 is 5.97 Å². The first-order chi connectivity index (χ1) is 12.1. The van der Waals surface area contributed by atoms with E-state index in [1.807, 2.05) is 36.1 Å². The van der Waals surface area contributed by atoms with E-state index in [0.29, 0.717) is 11.9 Å². The van der Waals surface area contributed by atoms with Crippen LogP contribution in [0.3, 0.4) is 0 Å². The van der Waals surface area contributed by atoms with Crippen LogP contribution >= 0.6 is 0 Å². The van der Waals surface area contributed by atoms with Crippen LogP contribution in [0.5, 0.6) is 0 Å². The Labute approximate surface area is 147 Å². The van der Waals surface area contributed by atoms with Crippen molar-refractivity contribution < 1.29 is 14.3 Å². The Kier molecular flexibility index (Phi) is 5.36. The number of nitrogens with one attached hydrogen (secondary N) is 1. The predicted octanol–water partition coefficient (Wildman–Crippen LogP) is 3.29. The molecule has 0 saturated heterocycles. The molecule has 0 spiro atoms. The Hall–Kier alpha value is -2.37. The highest BCUT2D eigenvalue weighted by atomic mass is 16.5. The molecule has 2 aromatic rings. The van der Waals surface area contributed by atoms with E-state index in [1.165, 1.54) is 6.42 Å². The van der Waals surface area contributed by atoms with Crippen molar-refractivity contribution in [3.63, 3.8) is 0 Å². The van der Waals surface area contributed by atoms with Crippen molar-refractivity contribution in [3.8, 4) is 0 Å². The van der Waals surface area contributed by atoms with Gasteiger partial charge in [0.25, 0.3) is 5.91 Å². The molecule has 0 aliphatic heterocycles. The Balaban J connectivity index is 1.68. The standard InChI is InChI=1S/C19H25N3O3/c1-3-22(14-9-5-4-6-10-14)18(23)13(2)25-19(24)17-15-11-7-8-12-16(15)20-21-17/h7-8,11-14H,3-6,9-10H2,1-2H3,(H,20,21)/t13-/m1/s1. The zero-order valence-corrected chi connectivity index (χ0v) is 14.8. The molecule has 1 N–H and O–H groups in total. The van der Waals surface area contributed by atoms with Gasteiger partial charge in [0.15, 0.2) is 11.8 Å². The van der Waals surface area contributed by atoms with Gasteiger partial charge in [0, 0.05) is 18.0 Å². The molecule has 6 nitrogen and oxygen atoms in total. The third kappa shape index (κ3) is 3.67. The molecule has 1 aromatic carbocycles. The molecule has 1 aliphatic rings. The third-order valence-corrected chi connectivity index (χ3v) is 4.93. The van der Waals surface area contributed by atoms with Gasteiger partial charge in [0.1, 0.15) is 0 Å². The first-order valence-electron chi connectivity index (χ1n) is 9.06. The largest absolute Gasteiger partial charge is 0.448 e. The van der Waals surface area contributed by atoms with Crippen LogP contribution in [-0.2, 0) is 9.53 Å². The number of carbonyl (C=O) groups is 2. The van der Waals surface area contributed by atoms with E-state index in [2.05, 4.69) is 10.2 Å². The van der Waals surface area contributed by atoms with Gasteiger partial charge in [-0.05, 0) is 32.8 Å². The third-order valence-electron chi connectivity index (χ3n) is 4.93. The van der Waals surface area contributed by atoms with E-state index in [0.717, 1.165) is 31.2 Å². The number of hydrogen-bond acceptors (Lipinski definition) is 4. The number of aromatic nitrogens is 2. The van der Waals surface area contributed by atoms with Crippen LogP contribution in [0.4, 0.5) is 0 Å². The quantitative estimate of drug-likeness (QED) is 0.845. The van der Waals surface area contributed by atoms with E-state index in [1.54, 1.807) is 6.92 Å². The number of rotatable bonds is 5. The minimum absolute atomic E-state index is 0.123. The summed E-state index contributed by atoms with van der Waals surface area (Å²) >= 11 is 0. The second kappa shape index (κ2) is 7.68. The van der Waals surface area contributed by atoms with Crippen molar-refractivity contribution in [1.29, 1.82) is 0 Å². The molecular formula is C19H25N3O3. The van der Waals surface area contributed by atoms with E-state index in [9.17, 15) is 9.59 Å². The first kappa shape index (κ1) is 17.5. The number of fused-ring (bicyclic) bond motifs is 1. The molecule has 0 radical (unpaired) electrons. The number of esters is 1. The van der Waals surface area contributed by atoms with Gasteiger partial charge in [-0.2, -0.15) is 5.10 Å². The topological polar surface area (TPSA) is 75.3 Å². The van der Waals surface area contributed by atoms with Crippen LogP contribution in [0.1, 0.15) is 56.4 Å². The Bertz CT molecular complexity index is 749. The van der Waals surface area contributed by atoms with Gasteiger partial charge in [0.05, 0.1) is 5.52 Å². The van der Waals surface area contributed by atoms with Crippen molar-refractivity contribution in [1.82, 2.24) is 15.1 Å².